The Bertz CT molecular complexity index is 1820. The van der Waals surface area contributed by atoms with Gasteiger partial charge in [-0.05, 0) is 79.5 Å². The molecule has 2 N–H and O–H groups in total. The van der Waals surface area contributed by atoms with Crippen molar-refractivity contribution in [3.05, 3.63) is 83.9 Å². The zero-order valence-corrected chi connectivity index (χ0v) is 27.7. The maximum Gasteiger partial charge on any atom is 0.223 e. The van der Waals surface area contributed by atoms with Gasteiger partial charge in [0.15, 0.2) is 0 Å². The summed E-state index contributed by atoms with van der Waals surface area (Å²) in [4.78, 5) is 25.3. The van der Waals surface area contributed by atoms with Crippen LogP contribution < -0.4 is 10.1 Å². The lowest BCUT2D eigenvalue weighted by Gasteiger charge is -2.39. The van der Waals surface area contributed by atoms with Gasteiger partial charge in [0.2, 0.25) is 5.91 Å². The molecule has 4 aliphatic heterocycles. The van der Waals surface area contributed by atoms with Gasteiger partial charge in [-0.3, -0.25) is 4.79 Å². The second-order valence-corrected chi connectivity index (χ2v) is 13.8. The molecule has 47 heavy (non-hydrogen) atoms. The molecule has 244 valence electrons. The van der Waals surface area contributed by atoms with Crippen molar-refractivity contribution < 1.29 is 14.3 Å². The van der Waals surface area contributed by atoms with E-state index in [0.29, 0.717) is 18.2 Å². The second-order valence-electron chi connectivity index (χ2n) is 13.8. The molecule has 2 atom stereocenters. The lowest BCUT2D eigenvalue weighted by molar-refractivity contribution is -0.134. The number of rotatable bonds is 7. The van der Waals surface area contributed by atoms with Crippen LogP contribution in [0.4, 0.5) is 0 Å². The minimum Gasteiger partial charge on any atom is -0.457 e. The van der Waals surface area contributed by atoms with Crippen LogP contribution >= 0.6 is 0 Å². The molecule has 5 heterocycles. The number of aromatic amines is 1. The zero-order chi connectivity index (χ0) is 32.1. The van der Waals surface area contributed by atoms with Crippen molar-refractivity contribution in [3.8, 4) is 22.8 Å². The fraction of sp³-hybridized carbons (Fsp3) is 0.436. The van der Waals surface area contributed by atoms with E-state index in [4.69, 9.17) is 9.47 Å². The van der Waals surface area contributed by atoms with Gasteiger partial charge in [-0.2, -0.15) is 0 Å². The van der Waals surface area contributed by atoms with E-state index < -0.39 is 0 Å². The van der Waals surface area contributed by atoms with Gasteiger partial charge in [-0.15, -0.1) is 0 Å². The quantitative estimate of drug-likeness (QED) is 0.221. The monoisotopic (exact) mass is 631 g/mol. The Morgan fingerprint density at radius 3 is 2.55 bits per heavy atom. The molecule has 0 radical (unpaired) electrons. The molecule has 8 nitrogen and oxygen atoms in total. The van der Waals surface area contributed by atoms with E-state index in [1.165, 1.54) is 16.5 Å². The minimum atomic E-state index is -0.147. The number of likely N-dealkylation sites (tertiary alicyclic amines) is 1. The number of carbonyl (C=O) groups is 1. The number of likely N-dealkylation sites (N-methyl/N-ethyl adjacent to an activating group) is 1. The van der Waals surface area contributed by atoms with Crippen LogP contribution in [0.3, 0.4) is 0 Å². The van der Waals surface area contributed by atoms with Crippen LogP contribution in [0.1, 0.15) is 75.5 Å². The molecule has 3 aromatic carbocycles. The molecule has 4 aromatic rings. The van der Waals surface area contributed by atoms with Crippen LogP contribution in [-0.2, 0) is 14.9 Å². The molecular weight excluding hydrogens is 586 g/mol. The minimum absolute atomic E-state index is 0.0483. The predicted molar refractivity (Wildman–Crippen MR) is 185 cm³/mol. The molecule has 8 heteroatoms. The topological polar surface area (TPSA) is 82.7 Å². The highest BCUT2D eigenvalue weighted by Crippen LogP contribution is 2.53. The van der Waals surface area contributed by atoms with Crippen LogP contribution in [-0.4, -0.2) is 64.7 Å². The summed E-state index contributed by atoms with van der Waals surface area (Å²) in [6.07, 6.45) is 12.5. The van der Waals surface area contributed by atoms with Crippen molar-refractivity contribution >= 4 is 22.4 Å². The number of carbonyl (C=O) groups excluding carboxylic acids is 1. The number of nitrogens with one attached hydrogen (secondary N) is 2. The van der Waals surface area contributed by atoms with Crippen molar-refractivity contribution in [2.45, 2.75) is 76.4 Å². The summed E-state index contributed by atoms with van der Waals surface area (Å²) in [6.45, 7) is 6.98. The number of H-pyrrole nitrogens is 1. The highest BCUT2D eigenvalue weighted by Gasteiger charge is 2.42. The number of benzene rings is 3. The number of fused-ring (bicyclic) bond motifs is 3. The summed E-state index contributed by atoms with van der Waals surface area (Å²) >= 11 is 0. The highest BCUT2D eigenvalue weighted by atomic mass is 16.5. The third kappa shape index (κ3) is 5.17. The molecule has 8 rings (SSSR count). The van der Waals surface area contributed by atoms with Crippen molar-refractivity contribution in [1.29, 1.82) is 0 Å². The molecule has 2 saturated heterocycles. The van der Waals surface area contributed by atoms with Crippen LogP contribution in [0.25, 0.3) is 27.7 Å². The summed E-state index contributed by atoms with van der Waals surface area (Å²) in [7, 11) is 2.12. The van der Waals surface area contributed by atoms with E-state index in [0.717, 1.165) is 97.7 Å². The number of hydrogen-bond acceptors (Lipinski definition) is 6. The largest absolute Gasteiger partial charge is 0.457 e. The summed E-state index contributed by atoms with van der Waals surface area (Å²) in [5.41, 5.74) is 6.66. The number of aromatic nitrogens is 2. The van der Waals surface area contributed by atoms with Gasteiger partial charge in [0.05, 0.1) is 30.0 Å². The summed E-state index contributed by atoms with van der Waals surface area (Å²) in [6, 6.07) is 18.0. The summed E-state index contributed by atoms with van der Waals surface area (Å²) in [5.74, 6) is 2.60. The van der Waals surface area contributed by atoms with Crippen LogP contribution in [0, 0.1) is 5.92 Å². The smallest absolute Gasteiger partial charge is 0.223 e. The van der Waals surface area contributed by atoms with Crippen LogP contribution in [0.5, 0.6) is 11.5 Å². The molecule has 0 saturated carbocycles. The van der Waals surface area contributed by atoms with Gasteiger partial charge in [-0.25, -0.2) is 4.98 Å². The average Bonchev–Trinajstić information content (AvgIpc) is 3.88. The highest BCUT2D eigenvalue weighted by molar-refractivity contribution is 5.90. The predicted octanol–water partition coefficient (Wildman–Crippen LogP) is 7.41. The first-order valence-electron chi connectivity index (χ1n) is 17.4. The molecule has 1 aromatic heterocycles. The van der Waals surface area contributed by atoms with Crippen LogP contribution in [0.2, 0.25) is 0 Å². The van der Waals surface area contributed by atoms with Crippen molar-refractivity contribution in [1.82, 2.24) is 25.1 Å². The first kappa shape index (κ1) is 30.1. The molecular formula is C39H45N5O3. The van der Waals surface area contributed by atoms with Gasteiger partial charge in [0.1, 0.15) is 17.7 Å². The summed E-state index contributed by atoms with van der Waals surface area (Å²) < 4.78 is 12.3. The Balaban J connectivity index is 1.06. The molecule has 1 unspecified atom stereocenters. The van der Waals surface area contributed by atoms with E-state index in [1.54, 1.807) is 6.33 Å². The first-order chi connectivity index (χ1) is 23.0. The fourth-order valence-electron chi connectivity index (χ4n) is 8.61. The van der Waals surface area contributed by atoms with Crippen LogP contribution in [0.15, 0.2) is 67.3 Å². The summed E-state index contributed by atoms with van der Waals surface area (Å²) in [5, 5.41) is 6.17. The van der Waals surface area contributed by atoms with E-state index >= 15 is 0 Å². The molecule has 1 amide bonds. The Labute approximate surface area is 277 Å². The molecule has 0 bridgehead atoms. The lowest BCUT2D eigenvalue weighted by atomic mass is 9.68. The fourth-order valence-corrected chi connectivity index (χ4v) is 8.61. The average molecular weight is 632 g/mol. The Hall–Kier alpha value is -4.30. The molecule has 4 aliphatic rings. The van der Waals surface area contributed by atoms with E-state index in [9.17, 15) is 4.79 Å². The van der Waals surface area contributed by atoms with Gasteiger partial charge < -0.3 is 29.6 Å². The standard InChI is InChI=1S/C39H45N5O3/c1-4-39(5-2)30-11-10-28(21-35(30)47-36-20-26-8-9-27(32-22-40-24-41-32)18-29(26)19-31(36)39)33-23-43(3)38(42-33)34-7-6-14-44(34)37(45)17-25-12-15-46-16-13-25/h8-11,18-25,34,38,42H,4-7,12-17H2,1-3H3,(H,40,41)/t34-,38?/m0/s1. The normalized spacial score (nSPS) is 22.1. The third-order valence-corrected chi connectivity index (χ3v) is 11.4. The molecule has 2 fully saturated rings. The van der Waals surface area contributed by atoms with Crippen molar-refractivity contribution in [3.63, 3.8) is 0 Å². The number of amides is 1. The molecule has 0 aliphatic carbocycles. The Morgan fingerprint density at radius 1 is 0.957 bits per heavy atom. The Kier molecular flexibility index (Phi) is 7.71. The third-order valence-electron chi connectivity index (χ3n) is 11.4. The van der Waals surface area contributed by atoms with Gasteiger partial charge in [-0.1, -0.05) is 38.1 Å². The first-order valence-corrected chi connectivity index (χ1v) is 17.4. The maximum atomic E-state index is 13.5. The van der Waals surface area contributed by atoms with Gasteiger partial charge in [0.25, 0.3) is 0 Å². The van der Waals surface area contributed by atoms with Gasteiger partial charge >= 0.3 is 0 Å². The maximum absolute atomic E-state index is 13.5. The SMILES string of the molecule is CCC1(CC)c2ccc(C3=CN(C)C([C@@H]4CCCN4C(=O)CC4CCOCC4)N3)cc2Oc2cc3ccc(-c4cnc[nH]4)cc3cc21. The van der Waals surface area contributed by atoms with Crippen molar-refractivity contribution in [2.75, 3.05) is 26.8 Å². The lowest BCUT2D eigenvalue weighted by Crippen LogP contribution is -2.52. The number of ether oxygens (including phenoxy) is 2. The van der Waals surface area contributed by atoms with Crippen molar-refractivity contribution in [2.24, 2.45) is 5.92 Å². The van der Waals surface area contributed by atoms with E-state index in [2.05, 4.69) is 101 Å². The number of nitrogens with zero attached hydrogens (tertiary/aromatic N) is 3. The zero-order valence-electron chi connectivity index (χ0n) is 27.7. The number of imidazole rings is 1. The second kappa shape index (κ2) is 12.1. The van der Waals surface area contributed by atoms with E-state index in [-0.39, 0.29) is 17.6 Å². The number of hydrogen-bond donors (Lipinski definition) is 2. The molecule has 0 spiro atoms. The van der Waals surface area contributed by atoms with E-state index in [1.807, 2.05) is 6.20 Å². The Morgan fingerprint density at radius 2 is 1.77 bits per heavy atom. The van der Waals surface area contributed by atoms with Gasteiger partial charge in [0, 0.05) is 67.1 Å².